The number of rotatable bonds is 2. The van der Waals surface area contributed by atoms with Crippen molar-refractivity contribution in [1.82, 2.24) is 14.9 Å². The van der Waals surface area contributed by atoms with E-state index in [1.54, 1.807) is 0 Å². The fourth-order valence-corrected chi connectivity index (χ4v) is 3.06. The Bertz CT molecular complexity index is 571. The van der Waals surface area contributed by atoms with Crippen LogP contribution >= 0.6 is 15.9 Å². The molecule has 0 spiro atoms. The van der Waals surface area contributed by atoms with Gasteiger partial charge in [-0.3, -0.25) is 0 Å². The molecule has 3 nitrogen and oxygen atoms in total. The highest BCUT2D eigenvalue weighted by Gasteiger charge is 2.19. The fraction of sp³-hybridized carbons (Fsp3) is 0.400. The molecule has 0 radical (unpaired) electrons. The number of nitrogens with zero attached hydrogens (tertiary/aromatic N) is 2. The van der Waals surface area contributed by atoms with E-state index in [0.717, 1.165) is 11.0 Å². The molecule has 1 aromatic carbocycles. The molecule has 3 rings (SSSR count). The predicted molar refractivity (Wildman–Crippen MR) is 80.6 cm³/mol. The first-order valence-corrected chi connectivity index (χ1v) is 7.57. The van der Waals surface area contributed by atoms with Crippen LogP contribution in [0, 0.1) is 6.92 Å². The zero-order valence-electron chi connectivity index (χ0n) is 11.1. The van der Waals surface area contributed by atoms with Crippen molar-refractivity contribution in [3.63, 3.8) is 0 Å². The van der Waals surface area contributed by atoms with Gasteiger partial charge in [0.2, 0.25) is 0 Å². The molecule has 0 aliphatic carbocycles. The van der Waals surface area contributed by atoms with Gasteiger partial charge in [0, 0.05) is 10.5 Å². The van der Waals surface area contributed by atoms with Crippen LogP contribution in [0.25, 0.3) is 5.69 Å². The third kappa shape index (κ3) is 2.60. The van der Waals surface area contributed by atoms with E-state index in [1.807, 2.05) is 12.5 Å². The van der Waals surface area contributed by atoms with Gasteiger partial charge in [-0.1, -0.05) is 28.4 Å². The Labute approximate surface area is 122 Å². The summed E-state index contributed by atoms with van der Waals surface area (Å²) >= 11 is 3.55. The van der Waals surface area contributed by atoms with E-state index < -0.39 is 0 Å². The summed E-state index contributed by atoms with van der Waals surface area (Å²) in [6, 6.07) is 6.80. The Morgan fingerprint density at radius 1 is 1.37 bits per heavy atom. The largest absolute Gasteiger partial charge is 0.309 e. The molecule has 1 fully saturated rings. The van der Waals surface area contributed by atoms with Crippen LogP contribution in [0.5, 0.6) is 0 Å². The molecule has 4 heteroatoms. The first-order valence-electron chi connectivity index (χ1n) is 6.78. The molecule has 0 saturated carbocycles. The standard InChI is InChI=1S/C15H18BrN3/c1-11-5-6-12(16)8-14(11)19-10-17-9-15(19)13-4-2-3-7-18-13/h5-6,8-10,13,18H,2-4,7H2,1H3. The van der Waals surface area contributed by atoms with Crippen molar-refractivity contribution in [1.29, 1.82) is 0 Å². The number of hydrogen-bond donors (Lipinski definition) is 1. The number of halogens is 1. The van der Waals surface area contributed by atoms with Crippen LogP contribution in [0.15, 0.2) is 35.2 Å². The third-order valence-electron chi connectivity index (χ3n) is 3.77. The summed E-state index contributed by atoms with van der Waals surface area (Å²) in [5, 5.41) is 3.59. The van der Waals surface area contributed by atoms with Gasteiger partial charge in [-0.15, -0.1) is 0 Å². The van der Waals surface area contributed by atoms with E-state index in [1.165, 1.54) is 36.2 Å². The van der Waals surface area contributed by atoms with Crippen LogP contribution in [-0.4, -0.2) is 16.1 Å². The summed E-state index contributed by atoms with van der Waals surface area (Å²) in [4.78, 5) is 4.35. The molecule has 2 aromatic rings. The molecule has 0 amide bonds. The minimum absolute atomic E-state index is 0.426. The van der Waals surface area contributed by atoms with Gasteiger partial charge in [-0.05, 0) is 44.0 Å². The smallest absolute Gasteiger partial charge is 0.0994 e. The Balaban J connectivity index is 2.01. The summed E-state index contributed by atoms with van der Waals surface area (Å²) < 4.78 is 3.31. The van der Waals surface area contributed by atoms with Crippen LogP contribution in [0.2, 0.25) is 0 Å². The Hall–Kier alpha value is -1.13. The van der Waals surface area contributed by atoms with Crippen LogP contribution in [-0.2, 0) is 0 Å². The summed E-state index contributed by atoms with van der Waals surface area (Å²) in [7, 11) is 0. The van der Waals surface area contributed by atoms with Crippen molar-refractivity contribution in [2.24, 2.45) is 0 Å². The highest BCUT2D eigenvalue weighted by atomic mass is 79.9. The minimum atomic E-state index is 0.426. The van der Waals surface area contributed by atoms with Crippen molar-refractivity contribution in [2.45, 2.75) is 32.2 Å². The van der Waals surface area contributed by atoms with Crippen LogP contribution in [0.3, 0.4) is 0 Å². The fourth-order valence-electron chi connectivity index (χ4n) is 2.71. The summed E-state index contributed by atoms with van der Waals surface area (Å²) in [5.74, 6) is 0. The lowest BCUT2D eigenvalue weighted by Crippen LogP contribution is -2.28. The Kier molecular flexibility index (Phi) is 3.71. The molecule has 1 N–H and O–H groups in total. The van der Waals surface area contributed by atoms with Crippen molar-refractivity contribution >= 4 is 15.9 Å². The lowest BCUT2D eigenvalue weighted by atomic mass is 10.0. The first kappa shape index (κ1) is 12.9. The maximum Gasteiger partial charge on any atom is 0.0994 e. The van der Waals surface area contributed by atoms with Crippen LogP contribution < -0.4 is 5.32 Å². The van der Waals surface area contributed by atoms with E-state index in [4.69, 9.17) is 0 Å². The quantitative estimate of drug-likeness (QED) is 0.913. The summed E-state index contributed by atoms with van der Waals surface area (Å²) in [6.07, 6.45) is 7.67. The molecule has 1 atom stereocenters. The Morgan fingerprint density at radius 2 is 2.26 bits per heavy atom. The van der Waals surface area contributed by atoms with Gasteiger partial charge in [0.05, 0.1) is 23.9 Å². The summed E-state index contributed by atoms with van der Waals surface area (Å²) in [6.45, 7) is 3.24. The second kappa shape index (κ2) is 5.47. The molecule has 1 aliphatic heterocycles. The normalized spacial score (nSPS) is 19.6. The number of nitrogens with one attached hydrogen (secondary N) is 1. The molecule has 0 bridgehead atoms. The number of benzene rings is 1. The van der Waals surface area contributed by atoms with Gasteiger partial charge in [-0.25, -0.2) is 4.98 Å². The number of aryl methyl sites for hydroxylation is 1. The Morgan fingerprint density at radius 3 is 3.05 bits per heavy atom. The van der Waals surface area contributed by atoms with E-state index >= 15 is 0 Å². The second-order valence-corrected chi connectivity index (χ2v) is 6.04. The minimum Gasteiger partial charge on any atom is -0.309 e. The number of hydrogen-bond acceptors (Lipinski definition) is 2. The van der Waals surface area contributed by atoms with Gasteiger partial charge in [0.1, 0.15) is 0 Å². The highest BCUT2D eigenvalue weighted by Crippen LogP contribution is 2.27. The summed E-state index contributed by atoms with van der Waals surface area (Å²) in [5.41, 5.74) is 3.73. The first-order chi connectivity index (χ1) is 9.25. The molecule has 19 heavy (non-hydrogen) atoms. The molecular weight excluding hydrogens is 302 g/mol. The molecular formula is C15H18BrN3. The highest BCUT2D eigenvalue weighted by molar-refractivity contribution is 9.10. The zero-order chi connectivity index (χ0) is 13.2. The average molecular weight is 320 g/mol. The van der Waals surface area contributed by atoms with E-state index in [9.17, 15) is 0 Å². The molecule has 100 valence electrons. The molecule has 1 aromatic heterocycles. The maximum absolute atomic E-state index is 4.35. The topological polar surface area (TPSA) is 29.9 Å². The van der Waals surface area contributed by atoms with Gasteiger partial charge >= 0.3 is 0 Å². The zero-order valence-corrected chi connectivity index (χ0v) is 12.7. The number of piperidine rings is 1. The third-order valence-corrected chi connectivity index (χ3v) is 4.26. The molecule has 1 unspecified atom stereocenters. The van der Waals surface area contributed by atoms with Crippen molar-refractivity contribution in [3.05, 3.63) is 46.5 Å². The van der Waals surface area contributed by atoms with Crippen molar-refractivity contribution in [2.75, 3.05) is 6.54 Å². The van der Waals surface area contributed by atoms with E-state index in [2.05, 4.69) is 55.9 Å². The van der Waals surface area contributed by atoms with E-state index in [0.29, 0.717) is 6.04 Å². The number of aromatic nitrogens is 2. The molecule has 1 aliphatic rings. The van der Waals surface area contributed by atoms with Gasteiger partial charge < -0.3 is 9.88 Å². The lowest BCUT2D eigenvalue weighted by Gasteiger charge is -2.25. The van der Waals surface area contributed by atoms with Crippen LogP contribution in [0.1, 0.15) is 36.6 Å². The predicted octanol–water partition coefficient (Wildman–Crippen LogP) is 3.76. The lowest BCUT2D eigenvalue weighted by molar-refractivity contribution is 0.402. The average Bonchev–Trinajstić information content (AvgIpc) is 2.91. The molecule has 2 heterocycles. The maximum atomic E-state index is 4.35. The van der Waals surface area contributed by atoms with Gasteiger partial charge in [-0.2, -0.15) is 0 Å². The van der Waals surface area contributed by atoms with Gasteiger partial charge in [0.25, 0.3) is 0 Å². The second-order valence-electron chi connectivity index (χ2n) is 5.12. The monoisotopic (exact) mass is 319 g/mol. The van der Waals surface area contributed by atoms with E-state index in [-0.39, 0.29) is 0 Å². The van der Waals surface area contributed by atoms with Crippen molar-refractivity contribution < 1.29 is 0 Å². The van der Waals surface area contributed by atoms with Crippen molar-refractivity contribution in [3.8, 4) is 5.69 Å². The number of imidazole rings is 1. The SMILES string of the molecule is Cc1ccc(Br)cc1-n1cncc1C1CCCCN1. The van der Waals surface area contributed by atoms with Crippen LogP contribution in [0.4, 0.5) is 0 Å². The molecule has 1 saturated heterocycles. The van der Waals surface area contributed by atoms with Gasteiger partial charge in [0.15, 0.2) is 0 Å².